The lowest BCUT2D eigenvalue weighted by Crippen LogP contribution is -2.21. The van der Waals surface area contributed by atoms with Crippen molar-refractivity contribution in [3.05, 3.63) is 24.2 Å². The minimum atomic E-state index is 0.390. The standard InChI is InChI=1S/C13H23NO/c1-3-5-6-7-10-14-12(4-2)13-9-8-11-15-13/h8-9,11-12,14H,3-7,10H2,1-2H3. The second kappa shape index (κ2) is 7.52. The molecule has 0 spiro atoms. The van der Waals surface area contributed by atoms with Crippen LogP contribution in [0, 0.1) is 0 Å². The summed E-state index contributed by atoms with van der Waals surface area (Å²) < 4.78 is 5.40. The van der Waals surface area contributed by atoms with Gasteiger partial charge in [-0.05, 0) is 31.5 Å². The van der Waals surface area contributed by atoms with Gasteiger partial charge in [0.15, 0.2) is 0 Å². The Morgan fingerprint density at radius 1 is 1.27 bits per heavy atom. The molecule has 15 heavy (non-hydrogen) atoms. The molecule has 0 amide bonds. The topological polar surface area (TPSA) is 25.2 Å². The molecule has 0 aromatic carbocycles. The van der Waals surface area contributed by atoms with Gasteiger partial charge >= 0.3 is 0 Å². The summed E-state index contributed by atoms with van der Waals surface area (Å²) in [6.45, 7) is 5.52. The molecule has 86 valence electrons. The summed E-state index contributed by atoms with van der Waals surface area (Å²) >= 11 is 0. The second-order valence-corrected chi connectivity index (χ2v) is 3.99. The molecule has 1 aromatic heterocycles. The quantitative estimate of drug-likeness (QED) is 0.657. The minimum Gasteiger partial charge on any atom is -0.468 e. The zero-order valence-corrected chi connectivity index (χ0v) is 9.96. The molecule has 0 aliphatic rings. The average Bonchev–Trinajstić information content (AvgIpc) is 2.77. The van der Waals surface area contributed by atoms with E-state index in [0.717, 1.165) is 18.7 Å². The molecule has 0 bridgehead atoms. The lowest BCUT2D eigenvalue weighted by Gasteiger charge is -2.14. The first-order chi connectivity index (χ1) is 7.38. The van der Waals surface area contributed by atoms with Crippen molar-refractivity contribution in [1.82, 2.24) is 5.32 Å². The number of hydrogen-bond acceptors (Lipinski definition) is 2. The molecule has 1 heterocycles. The Morgan fingerprint density at radius 2 is 2.13 bits per heavy atom. The molecule has 0 radical (unpaired) electrons. The predicted molar refractivity (Wildman–Crippen MR) is 63.9 cm³/mol. The van der Waals surface area contributed by atoms with E-state index in [1.165, 1.54) is 25.7 Å². The van der Waals surface area contributed by atoms with Crippen molar-refractivity contribution in [1.29, 1.82) is 0 Å². The maximum atomic E-state index is 5.40. The van der Waals surface area contributed by atoms with Crippen molar-refractivity contribution in [2.45, 2.75) is 52.0 Å². The molecular formula is C13H23NO. The van der Waals surface area contributed by atoms with Crippen LogP contribution in [0.25, 0.3) is 0 Å². The number of rotatable bonds is 8. The van der Waals surface area contributed by atoms with Crippen LogP contribution in [0.15, 0.2) is 22.8 Å². The fourth-order valence-electron chi connectivity index (χ4n) is 1.76. The Kier molecular flexibility index (Phi) is 6.17. The molecule has 1 aromatic rings. The molecule has 0 aliphatic heterocycles. The Morgan fingerprint density at radius 3 is 2.73 bits per heavy atom. The zero-order valence-electron chi connectivity index (χ0n) is 9.96. The average molecular weight is 209 g/mol. The van der Waals surface area contributed by atoms with Gasteiger partial charge in [0.05, 0.1) is 12.3 Å². The summed E-state index contributed by atoms with van der Waals surface area (Å²) in [6, 6.07) is 4.39. The molecule has 0 fully saturated rings. The number of furan rings is 1. The van der Waals surface area contributed by atoms with Gasteiger partial charge in [-0.2, -0.15) is 0 Å². The van der Waals surface area contributed by atoms with Crippen LogP contribution < -0.4 is 5.32 Å². The molecule has 0 saturated heterocycles. The van der Waals surface area contributed by atoms with Crippen LogP contribution >= 0.6 is 0 Å². The molecular weight excluding hydrogens is 186 g/mol. The largest absolute Gasteiger partial charge is 0.468 e. The first-order valence-corrected chi connectivity index (χ1v) is 6.15. The number of nitrogens with one attached hydrogen (secondary N) is 1. The van der Waals surface area contributed by atoms with Crippen molar-refractivity contribution in [2.75, 3.05) is 6.54 Å². The summed E-state index contributed by atoms with van der Waals surface area (Å²) in [5.41, 5.74) is 0. The van der Waals surface area contributed by atoms with E-state index in [1.54, 1.807) is 6.26 Å². The molecule has 0 aliphatic carbocycles. The van der Waals surface area contributed by atoms with Gasteiger partial charge in [-0.25, -0.2) is 0 Å². The van der Waals surface area contributed by atoms with Crippen LogP contribution in [0.3, 0.4) is 0 Å². The monoisotopic (exact) mass is 209 g/mol. The minimum absolute atomic E-state index is 0.390. The maximum Gasteiger partial charge on any atom is 0.120 e. The maximum absolute atomic E-state index is 5.40. The van der Waals surface area contributed by atoms with Crippen molar-refractivity contribution in [2.24, 2.45) is 0 Å². The van der Waals surface area contributed by atoms with Crippen molar-refractivity contribution in [3.63, 3.8) is 0 Å². The van der Waals surface area contributed by atoms with E-state index in [4.69, 9.17) is 4.42 Å². The SMILES string of the molecule is CCCCCCNC(CC)c1ccco1. The molecule has 1 rings (SSSR count). The van der Waals surface area contributed by atoms with Crippen LogP contribution in [-0.2, 0) is 0 Å². The first kappa shape index (κ1) is 12.3. The van der Waals surface area contributed by atoms with Crippen molar-refractivity contribution >= 4 is 0 Å². The first-order valence-electron chi connectivity index (χ1n) is 6.15. The zero-order chi connectivity index (χ0) is 10.9. The highest BCUT2D eigenvalue weighted by atomic mass is 16.3. The van der Waals surface area contributed by atoms with Gasteiger partial charge in [-0.3, -0.25) is 0 Å². The van der Waals surface area contributed by atoms with Crippen molar-refractivity contribution in [3.8, 4) is 0 Å². The van der Waals surface area contributed by atoms with Gasteiger partial charge in [0, 0.05) is 0 Å². The molecule has 1 N–H and O–H groups in total. The van der Waals surface area contributed by atoms with E-state index < -0.39 is 0 Å². The van der Waals surface area contributed by atoms with Crippen molar-refractivity contribution < 1.29 is 4.42 Å². The lowest BCUT2D eigenvalue weighted by atomic mass is 10.1. The molecule has 2 heteroatoms. The van der Waals surface area contributed by atoms with Gasteiger partial charge in [-0.15, -0.1) is 0 Å². The third kappa shape index (κ3) is 4.52. The van der Waals surface area contributed by atoms with Crippen LogP contribution in [0.1, 0.15) is 57.8 Å². The Bertz CT molecular complexity index is 231. The van der Waals surface area contributed by atoms with Crippen LogP contribution in [0.4, 0.5) is 0 Å². The summed E-state index contributed by atoms with van der Waals surface area (Å²) in [5, 5.41) is 3.54. The van der Waals surface area contributed by atoms with E-state index in [2.05, 4.69) is 19.2 Å². The molecule has 0 saturated carbocycles. The van der Waals surface area contributed by atoms with E-state index in [1.807, 2.05) is 12.1 Å². The number of hydrogen-bond donors (Lipinski definition) is 1. The third-order valence-electron chi connectivity index (χ3n) is 2.72. The predicted octanol–water partition coefficient (Wildman–Crippen LogP) is 3.90. The highest BCUT2D eigenvalue weighted by Crippen LogP contribution is 2.16. The van der Waals surface area contributed by atoms with Gasteiger partial charge in [0.1, 0.15) is 5.76 Å². The summed E-state index contributed by atoms with van der Waals surface area (Å²) in [6.07, 6.45) is 8.08. The normalized spacial score (nSPS) is 12.9. The van der Waals surface area contributed by atoms with Gasteiger partial charge in [-0.1, -0.05) is 33.1 Å². The second-order valence-electron chi connectivity index (χ2n) is 3.99. The van der Waals surface area contributed by atoms with E-state index in [9.17, 15) is 0 Å². The summed E-state index contributed by atoms with van der Waals surface area (Å²) in [5.74, 6) is 1.06. The highest BCUT2D eigenvalue weighted by molar-refractivity contribution is 5.03. The van der Waals surface area contributed by atoms with E-state index in [0.29, 0.717) is 6.04 Å². The third-order valence-corrected chi connectivity index (χ3v) is 2.72. The van der Waals surface area contributed by atoms with Crippen LogP contribution in [0.2, 0.25) is 0 Å². The van der Waals surface area contributed by atoms with E-state index in [-0.39, 0.29) is 0 Å². The highest BCUT2D eigenvalue weighted by Gasteiger charge is 2.09. The fraction of sp³-hybridized carbons (Fsp3) is 0.692. The molecule has 1 unspecified atom stereocenters. The fourth-order valence-corrected chi connectivity index (χ4v) is 1.76. The Labute approximate surface area is 93.1 Å². The van der Waals surface area contributed by atoms with Crippen LogP contribution in [0.5, 0.6) is 0 Å². The number of unbranched alkanes of at least 4 members (excludes halogenated alkanes) is 3. The summed E-state index contributed by atoms with van der Waals surface area (Å²) in [7, 11) is 0. The lowest BCUT2D eigenvalue weighted by molar-refractivity contribution is 0.400. The Hall–Kier alpha value is -0.760. The smallest absolute Gasteiger partial charge is 0.120 e. The van der Waals surface area contributed by atoms with Gasteiger partial charge < -0.3 is 9.73 Å². The van der Waals surface area contributed by atoms with Crippen LogP contribution in [-0.4, -0.2) is 6.54 Å². The van der Waals surface area contributed by atoms with Gasteiger partial charge in [0.2, 0.25) is 0 Å². The molecule has 2 nitrogen and oxygen atoms in total. The molecule has 1 atom stereocenters. The summed E-state index contributed by atoms with van der Waals surface area (Å²) in [4.78, 5) is 0. The van der Waals surface area contributed by atoms with Gasteiger partial charge in [0.25, 0.3) is 0 Å². The van der Waals surface area contributed by atoms with E-state index >= 15 is 0 Å². The Balaban J connectivity index is 2.18.